The van der Waals surface area contributed by atoms with Crippen LogP contribution in [0.15, 0.2) is 46.9 Å². The van der Waals surface area contributed by atoms with E-state index in [1.165, 1.54) is 0 Å². The summed E-state index contributed by atoms with van der Waals surface area (Å²) < 4.78 is 11.2. The fraction of sp³-hybridized carbons (Fsp3) is 0.0625. The monoisotopic (exact) mass is 317 g/mol. The normalized spacial score (nSPS) is 10.5. The Kier molecular flexibility index (Phi) is 3.74. The summed E-state index contributed by atoms with van der Waals surface area (Å²) in [5, 5.41) is 10.3. The van der Waals surface area contributed by atoms with Gasteiger partial charge in [-0.3, -0.25) is 0 Å². The molecule has 0 saturated heterocycles. The van der Waals surface area contributed by atoms with Gasteiger partial charge in [0.05, 0.1) is 10.4 Å². The average Bonchev–Trinajstić information content (AvgIpc) is 2.87. The molecular weight excluding hydrogens is 309 g/mol. The molecule has 0 unspecified atom stereocenters. The maximum atomic E-state index is 9.17. The van der Waals surface area contributed by atoms with Crippen LogP contribution in [0, 0.1) is 11.3 Å². The van der Waals surface area contributed by atoms with E-state index in [9.17, 15) is 5.26 Å². The number of rotatable bonds is 3. The van der Waals surface area contributed by atoms with Gasteiger partial charge in [-0.05, 0) is 29.8 Å². The Morgan fingerprint density at radius 2 is 2.00 bits per heavy atom. The molecule has 0 amide bonds. The summed E-state index contributed by atoms with van der Waals surface area (Å²) in [5.74, 6) is 1.31. The number of fused-ring (bicyclic) bond motifs is 1. The Bertz CT molecular complexity index is 849. The van der Waals surface area contributed by atoms with Gasteiger partial charge in [-0.15, -0.1) is 11.6 Å². The van der Waals surface area contributed by atoms with Gasteiger partial charge in [-0.25, -0.2) is 0 Å². The Labute approximate surface area is 131 Å². The quantitative estimate of drug-likeness (QED) is 0.600. The maximum Gasteiger partial charge on any atom is 0.247 e. The average molecular weight is 318 g/mol. The number of hydrogen-bond donors (Lipinski definition) is 0. The topological polar surface area (TPSA) is 46.2 Å². The van der Waals surface area contributed by atoms with Crippen LogP contribution in [0.2, 0.25) is 5.02 Å². The number of ether oxygens (including phenoxy) is 1. The van der Waals surface area contributed by atoms with Gasteiger partial charge in [0.15, 0.2) is 5.75 Å². The van der Waals surface area contributed by atoms with Crippen molar-refractivity contribution in [2.45, 2.75) is 5.88 Å². The van der Waals surface area contributed by atoms with Crippen molar-refractivity contribution in [1.82, 2.24) is 0 Å². The lowest BCUT2D eigenvalue weighted by Crippen LogP contribution is -1.88. The molecule has 2 aromatic carbocycles. The van der Waals surface area contributed by atoms with Crippen LogP contribution >= 0.6 is 23.2 Å². The largest absolute Gasteiger partial charge is 0.450 e. The van der Waals surface area contributed by atoms with Crippen molar-refractivity contribution in [3.8, 4) is 17.6 Å². The van der Waals surface area contributed by atoms with E-state index in [0.717, 1.165) is 10.9 Å². The van der Waals surface area contributed by atoms with Crippen LogP contribution in [0.3, 0.4) is 0 Å². The fourth-order valence-electron chi connectivity index (χ4n) is 2.02. The smallest absolute Gasteiger partial charge is 0.247 e. The molecule has 0 radical (unpaired) electrons. The SMILES string of the molecule is N#Cc1oc2ccccc2c1Oc1ccc(CCl)cc1Cl. The number of furan rings is 1. The Hall–Kier alpha value is -2.15. The first-order chi connectivity index (χ1) is 10.2. The lowest BCUT2D eigenvalue weighted by atomic mass is 10.2. The molecule has 104 valence electrons. The van der Waals surface area contributed by atoms with E-state index in [2.05, 4.69) is 0 Å². The second-order valence-corrected chi connectivity index (χ2v) is 5.04. The van der Waals surface area contributed by atoms with E-state index in [1.54, 1.807) is 18.2 Å². The molecular formula is C16H9Cl2NO2. The molecule has 0 saturated carbocycles. The van der Waals surface area contributed by atoms with Crippen LogP contribution in [0.25, 0.3) is 11.0 Å². The molecule has 5 heteroatoms. The minimum atomic E-state index is 0.119. The van der Waals surface area contributed by atoms with Gasteiger partial charge >= 0.3 is 0 Å². The highest BCUT2D eigenvalue weighted by Gasteiger charge is 2.17. The van der Waals surface area contributed by atoms with Gasteiger partial charge in [-0.2, -0.15) is 5.26 Å². The number of halogens is 2. The standard InChI is InChI=1S/C16H9Cl2NO2/c17-8-10-5-6-14(12(18)7-10)21-16-11-3-1-2-4-13(11)20-15(16)9-19/h1-7H,8H2. The molecule has 1 aromatic heterocycles. The van der Waals surface area contributed by atoms with Crippen molar-refractivity contribution in [2.24, 2.45) is 0 Å². The van der Waals surface area contributed by atoms with Crippen molar-refractivity contribution in [1.29, 1.82) is 5.26 Å². The van der Waals surface area contributed by atoms with Crippen LogP contribution < -0.4 is 4.74 Å². The van der Waals surface area contributed by atoms with Gasteiger partial charge in [0.1, 0.15) is 17.4 Å². The first kappa shape index (κ1) is 13.8. The summed E-state index contributed by atoms with van der Waals surface area (Å²) in [6, 6.07) is 14.6. The van der Waals surface area contributed by atoms with E-state index in [4.69, 9.17) is 32.4 Å². The zero-order valence-electron chi connectivity index (χ0n) is 10.8. The van der Waals surface area contributed by atoms with E-state index in [0.29, 0.717) is 28.0 Å². The zero-order valence-corrected chi connectivity index (χ0v) is 12.3. The first-order valence-electron chi connectivity index (χ1n) is 6.17. The number of alkyl halides is 1. The van der Waals surface area contributed by atoms with Crippen molar-refractivity contribution >= 4 is 34.2 Å². The number of para-hydroxylation sites is 1. The molecule has 0 N–H and O–H groups in total. The predicted molar refractivity (Wildman–Crippen MR) is 82.0 cm³/mol. The van der Waals surface area contributed by atoms with Crippen LogP contribution in [-0.2, 0) is 5.88 Å². The molecule has 0 aliphatic heterocycles. The van der Waals surface area contributed by atoms with Gasteiger partial charge < -0.3 is 9.15 Å². The van der Waals surface area contributed by atoms with Gasteiger partial charge in [0, 0.05) is 5.88 Å². The molecule has 21 heavy (non-hydrogen) atoms. The first-order valence-corrected chi connectivity index (χ1v) is 7.08. The predicted octanol–water partition coefficient (Wildman–Crippen LogP) is 5.49. The van der Waals surface area contributed by atoms with E-state index in [1.807, 2.05) is 30.3 Å². The third-order valence-electron chi connectivity index (χ3n) is 3.01. The van der Waals surface area contributed by atoms with Gasteiger partial charge in [0.2, 0.25) is 5.76 Å². The second kappa shape index (κ2) is 5.69. The summed E-state index contributed by atoms with van der Waals surface area (Å²) in [6.07, 6.45) is 0. The number of hydrogen-bond acceptors (Lipinski definition) is 3. The third kappa shape index (κ3) is 2.56. The van der Waals surface area contributed by atoms with Crippen LogP contribution in [-0.4, -0.2) is 0 Å². The molecule has 0 spiro atoms. The van der Waals surface area contributed by atoms with Crippen LogP contribution in [0.5, 0.6) is 11.5 Å². The summed E-state index contributed by atoms with van der Waals surface area (Å²) in [5.41, 5.74) is 1.49. The lowest BCUT2D eigenvalue weighted by Gasteiger charge is -2.07. The summed E-state index contributed by atoms with van der Waals surface area (Å²) in [7, 11) is 0. The molecule has 0 fully saturated rings. The Balaban J connectivity index is 2.08. The number of nitriles is 1. The van der Waals surface area contributed by atoms with Gasteiger partial charge in [-0.1, -0.05) is 29.8 Å². The molecule has 0 atom stereocenters. The maximum absolute atomic E-state index is 9.17. The third-order valence-corrected chi connectivity index (χ3v) is 3.62. The molecule has 0 bridgehead atoms. The Morgan fingerprint density at radius 1 is 1.19 bits per heavy atom. The van der Waals surface area contributed by atoms with Crippen molar-refractivity contribution in [2.75, 3.05) is 0 Å². The van der Waals surface area contributed by atoms with Crippen molar-refractivity contribution < 1.29 is 9.15 Å². The Morgan fingerprint density at radius 3 is 2.71 bits per heavy atom. The molecule has 1 heterocycles. The van der Waals surface area contributed by atoms with Crippen molar-refractivity contribution in [3.05, 3.63) is 58.8 Å². The van der Waals surface area contributed by atoms with Crippen LogP contribution in [0.1, 0.15) is 11.3 Å². The van der Waals surface area contributed by atoms with E-state index >= 15 is 0 Å². The molecule has 3 aromatic rings. The molecule has 3 rings (SSSR count). The summed E-state index contributed by atoms with van der Waals surface area (Å²) in [6.45, 7) is 0. The lowest BCUT2D eigenvalue weighted by molar-refractivity contribution is 0.467. The number of nitrogens with zero attached hydrogens (tertiary/aromatic N) is 1. The van der Waals surface area contributed by atoms with Crippen molar-refractivity contribution in [3.63, 3.8) is 0 Å². The van der Waals surface area contributed by atoms with Gasteiger partial charge in [0.25, 0.3) is 0 Å². The van der Waals surface area contributed by atoms with E-state index < -0.39 is 0 Å². The summed E-state index contributed by atoms with van der Waals surface area (Å²) in [4.78, 5) is 0. The highest BCUT2D eigenvalue weighted by molar-refractivity contribution is 6.32. The molecule has 3 nitrogen and oxygen atoms in total. The zero-order chi connectivity index (χ0) is 14.8. The summed E-state index contributed by atoms with van der Waals surface area (Å²) >= 11 is 11.9. The minimum absolute atomic E-state index is 0.119. The second-order valence-electron chi connectivity index (χ2n) is 4.37. The molecule has 0 aliphatic carbocycles. The highest BCUT2D eigenvalue weighted by atomic mass is 35.5. The fourth-order valence-corrected chi connectivity index (χ4v) is 2.42. The number of benzene rings is 2. The van der Waals surface area contributed by atoms with E-state index in [-0.39, 0.29) is 5.76 Å². The molecule has 0 aliphatic rings. The van der Waals surface area contributed by atoms with Crippen LogP contribution in [0.4, 0.5) is 0 Å². The highest BCUT2D eigenvalue weighted by Crippen LogP contribution is 2.38. The minimum Gasteiger partial charge on any atom is -0.450 e.